The average Bonchev–Trinajstić information content (AvgIpc) is 2.58. The van der Waals surface area contributed by atoms with Gasteiger partial charge in [-0.3, -0.25) is 5.32 Å². The van der Waals surface area contributed by atoms with Crippen molar-refractivity contribution in [2.45, 2.75) is 37.6 Å². The fourth-order valence-electron chi connectivity index (χ4n) is 1.78. The van der Waals surface area contributed by atoms with E-state index >= 15 is 0 Å². The van der Waals surface area contributed by atoms with Gasteiger partial charge in [-0.15, -0.1) is 0 Å². The van der Waals surface area contributed by atoms with Crippen LogP contribution in [-0.2, 0) is 4.74 Å². The molecule has 0 aliphatic rings. The first-order valence-corrected chi connectivity index (χ1v) is 9.88. The van der Waals surface area contributed by atoms with Crippen LogP contribution in [0, 0.1) is 5.41 Å². The van der Waals surface area contributed by atoms with Gasteiger partial charge in [0.25, 0.3) is 0 Å². The number of carbonyl (C=O) groups excluding carboxylic acids is 1. The Balaban J connectivity index is 3.13. The van der Waals surface area contributed by atoms with Crippen molar-refractivity contribution >= 4 is 52.4 Å². The Bertz CT molecular complexity index is 756. The Morgan fingerprint density at radius 3 is 2.55 bits per heavy atom. The molecule has 0 spiro atoms. The number of alkyl carbamates (subject to hydrolysis) is 1. The zero-order chi connectivity index (χ0) is 22.2. The van der Waals surface area contributed by atoms with E-state index in [4.69, 9.17) is 55.1 Å². The second-order valence-corrected chi connectivity index (χ2v) is 9.79. The van der Waals surface area contributed by atoms with E-state index in [0.29, 0.717) is 17.1 Å². The summed E-state index contributed by atoms with van der Waals surface area (Å²) < 4.78 is 8.71. The van der Waals surface area contributed by atoms with Crippen molar-refractivity contribution in [3.8, 4) is 5.75 Å². The fraction of sp³-hybridized carbons (Fsp3) is 0.474. The number of nitrogens with two attached hydrogens (primary N) is 1. The highest BCUT2D eigenvalue weighted by atomic mass is 35.6. The SMILES string of the molecule is C[C@H](CO)Oc1cccc(N=C(/C=C(\N)C(C)(C)C)NC(=O)OCC(Cl)(Cl)Cl)c1. The van der Waals surface area contributed by atoms with Crippen molar-refractivity contribution in [2.75, 3.05) is 13.2 Å². The molecule has 0 aliphatic carbocycles. The third kappa shape index (κ3) is 10.6. The molecule has 1 aromatic rings. The monoisotopic (exact) mass is 465 g/mol. The highest BCUT2D eigenvalue weighted by molar-refractivity contribution is 6.67. The van der Waals surface area contributed by atoms with Gasteiger partial charge >= 0.3 is 6.09 Å². The predicted molar refractivity (Wildman–Crippen MR) is 117 cm³/mol. The maximum Gasteiger partial charge on any atom is 0.412 e. The summed E-state index contributed by atoms with van der Waals surface area (Å²) in [5, 5.41) is 11.6. The number of hydrogen-bond donors (Lipinski definition) is 3. The molecule has 29 heavy (non-hydrogen) atoms. The van der Waals surface area contributed by atoms with Gasteiger partial charge in [0.05, 0.1) is 12.3 Å². The molecule has 0 saturated heterocycles. The molecule has 162 valence electrons. The number of benzene rings is 1. The van der Waals surface area contributed by atoms with Gasteiger partial charge in [0.15, 0.2) is 0 Å². The molecule has 0 radical (unpaired) electrons. The van der Waals surface area contributed by atoms with Crippen molar-refractivity contribution < 1.29 is 19.4 Å². The van der Waals surface area contributed by atoms with Crippen LogP contribution in [0.1, 0.15) is 27.7 Å². The second kappa shape index (κ2) is 10.9. The Kier molecular flexibility index (Phi) is 9.55. The number of alkyl halides is 3. The fourth-order valence-corrected chi connectivity index (χ4v) is 1.95. The molecule has 1 rings (SSSR count). The molecule has 1 atom stereocenters. The van der Waals surface area contributed by atoms with Crippen molar-refractivity contribution in [1.82, 2.24) is 5.32 Å². The van der Waals surface area contributed by atoms with Crippen LogP contribution in [0.5, 0.6) is 5.75 Å². The largest absolute Gasteiger partial charge is 0.488 e. The molecule has 0 bridgehead atoms. The number of amides is 1. The standard InChI is InChI=1S/C19H26Cl3N3O4/c1-12(10-26)29-14-7-5-6-13(8-14)24-16(9-15(23)18(2,3)4)25-17(27)28-11-19(20,21)22/h5-9,12,26H,10-11,23H2,1-4H3,(H,24,25,27)/b15-9-/t12-/m1/s1. The van der Waals surface area contributed by atoms with E-state index in [1.807, 2.05) is 20.8 Å². The normalized spacial score (nSPS) is 14.3. The highest BCUT2D eigenvalue weighted by Gasteiger charge is 2.23. The van der Waals surface area contributed by atoms with E-state index in [1.54, 1.807) is 31.2 Å². The molecule has 0 unspecified atom stereocenters. The summed E-state index contributed by atoms with van der Waals surface area (Å²) in [5.74, 6) is 0.651. The highest BCUT2D eigenvalue weighted by Crippen LogP contribution is 2.26. The van der Waals surface area contributed by atoms with E-state index in [0.717, 1.165) is 0 Å². The van der Waals surface area contributed by atoms with Gasteiger partial charge in [0, 0.05) is 23.3 Å². The lowest BCUT2D eigenvalue weighted by Crippen LogP contribution is -2.33. The maximum atomic E-state index is 12.1. The summed E-state index contributed by atoms with van der Waals surface area (Å²) in [5.41, 5.74) is 6.73. The number of ether oxygens (including phenoxy) is 2. The summed E-state index contributed by atoms with van der Waals surface area (Å²) in [6.07, 6.45) is 0.301. The van der Waals surface area contributed by atoms with Crippen LogP contribution in [0.25, 0.3) is 0 Å². The number of carbonyl (C=O) groups is 1. The summed E-state index contributed by atoms with van der Waals surface area (Å²) in [7, 11) is 0. The van der Waals surface area contributed by atoms with Crippen LogP contribution >= 0.6 is 34.8 Å². The molecule has 0 aromatic heterocycles. The van der Waals surface area contributed by atoms with Crippen molar-refractivity contribution in [1.29, 1.82) is 0 Å². The molecule has 0 aliphatic heterocycles. The number of halogens is 3. The van der Waals surface area contributed by atoms with E-state index in [2.05, 4.69) is 10.3 Å². The summed E-state index contributed by atoms with van der Waals surface area (Å²) in [6.45, 7) is 6.93. The molecule has 1 amide bonds. The van der Waals surface area contributed by atoms with Crippen LogP contribution in [0.3, 0.4) is 0 Å². The number of nitrogens with one attached hydrogen (secondary N) is 1. The molecule has 0 saturated carbocycles. The van der Waals surface area contributed by atoms with Crippen LogP contribution in [0.15, 0.2) is 41.0 Å². The molecule has 0 heterocycles. The predicted octanol–water partition coefficient (Wildman–Crippen LogP) is 4.46. The lowest BCUT2D eigenvalue weighted by molar-refractivity contribution is 0.130. The summed E-state index contributed by atoms with van der Waals surface area (Å²) in [4.78, 5) is 16.5. The minimum Gasteiger partial charge on any atom is -0.488 e. The van der Waals surface area contributed by atoms with Gasteiger partial charge < -0.3 is 20.3 Å². The zero-order valence-corrected chi connectivity index (χ0v) is 19.0. The number of aliphatic hydroxyl groups is 1. The van der Waals surface area contributed by atoms with E-state index < -0.39 is 16.5 Å². The first-order chi connectivity index (χ1) is 13.3. The number of allylic oxidation sites excluding steroid dienone is 1. The second-order valence-electron chi connectivity index (χ2n) is 7.27. The minimum atomic E-state index is -1.73. The Labute approximate surface area is 185 Å². The van der Waals surface area contributed by atoms with E-state index in [1.165, 1.54) is 6.08 Å². The Morgan fingerprint density at radius 2 is 2.00 bits per heavy atom. The lowest BCUT2D eigenvalue weighted by atomic mass is 9.92. The minimum absolute atomic E-state index is 0.125. The number of rotatable bonds is 6. The molecule has 0 fully saturated rings. The molecule has 10 heteroatoms. The average molecular weight is 467 g/mol. The van der Waals surface area contributed by atoms with E-state index in [-0.39, 0.29) is 24.0 Å². The zero-order valence-electron chi connectivity index (χ0n) is 16.7. The summed E-state index contributed by atoms with van der Waals surface area (Å²) >= 11 is 16.8. The Morgan fingerprint density at radius 1 is 1.34 bits per heavy atom. The summed E-state index contributed by atoms with van der Waals surface area (Å²) in [6, 6.07) is 6.83. The molecule has 1 aromatic carbocycles. The van der Waals surface area contributed by atoms with Crippen molar-refractivity contribution in [3.05, 3.63) is 36.0 Å². The third-order valence-corrected chi connectivity index (χ3v) is 3.74. The van der Waals surface area contributed by atoms with Crippen molar-refractivity contribution in [3.63, 3.8) is 0 Å². The van der Waals surface area contributed by atoms with Gasteiger partial charge in [0.2, 0.25) is 3.79 Å². The van der Waals surface area contributed by atoms with Crippen LogP contribution < -0.4 is 15.8 Å². The lowest BCUT2D eigenvalue weighted by Gasteiger charge is -2.19. The molecular formula is C19H26Cl3N3O4. The van der Waals surface area contributed by atoms with Gasteiger partial charge in [-0.1, -0.05) is 61.6 Å². The van der Waals surface area contributed by atoms with Gasteiger partial charge in [-0.25, -0.2) is 9.79 Å². The first-order valence-electron chi connectivity index (χ1n) is 8.74. The molecular weight excluding hydrogens is 441 g/mol. The number of aliphatic hydroxyl groups excluding tert-OH is 1. The van der Waals surface area contributed by atoms with E-state index in [9.17, 15) is 4.79 Å². The van der Waals surface area contributed by atoms with Crippen LogP contribution in [-0.4, -0.2) is 40.1 Å². The Hall–Kier alpha value is -1.67. The number of amidine groups is 1. The van der Waals surface area contributed by atoms with Crippen LogP contribution in [0.4, 0.5) is 10.5 Å². The number of nitrogens with zero attached hydrogens (tertiary/aromatic N) is 1. The first kappa shape index (κ1) is 25.4. The van der Waals surface area contributed by atoms with Gasteiger partial charge in [-0.05, 0) is 19.1 Å². The topological polar surface area (TPSA) is 106 Å². The smallest absolute Gasteiger partial charge is 0.412 e. The van der Waals surface area contributed by atoms with Crippen LogP contribution in [0.2, 0.25) is 0 Å². The third-order valence-electron chi connectivity index (χ3n) is 3.42. The van der Waals surface area contributed by atoms with Crippen molar-refractivity contribution in [2.24, 2.45) is 16.1 Å². The number of aliphatic imine (C=N–C) groups is 1. The molecule has 4 N–H and O–H groups in total. The van der Waals surface area contributed by atoms with Gasteiger partial charge in [-0.2, -0.15) is 0 Å². The molecule has 7 nitrogen and oxygen atoms in total. The van der Waals surface area contributed by atoms with Gasteiger partial charge in [0.1, 0.15) is 24.3 Å². The maximum absolute atomic E-state index is 12.1. The number of hydrogen-bond acceptors (Lipinski definition) is 6. The quantitative estimate of drug-likeness (QED) is 0.326.